The van der Waals surface area contributed by atoms with Crippen LogP contribution in [0.1, 0.15) is 32.1 Å². The van der Waals surface area contributed by atoms with Gasteiger partial charge in [-0.2, -0.15) is 0 Å². The fourth-order valence-electron chi connectivity index (χ4n) is 1.71. The second kappa shape index (κ2) is 9.38. The number of guanidine groups is 1. The molecule has 1 amide bonds. The van der Waals surface area contributed by atoms with Gasteiger partial charge in [-0.3, -0.25) is 10.2 Å². The molecule has 0 saturated carbocycles. The molecule has 0 bridgehead atoms. The first-order valence-corrected chi connectivity index (χ1v) is 8.69. The molecule has 5 N–H and O–H groups in total. The monoisotopic (exact) mass is 290 g/mol. The van der Waals surface area contributed by atoms with Crippen LogP contribution in [0.3, 0.4) is 0 Å². The van der Waals surface area contributed by atoms with Crippen LogP contribution in [0, 0.1) is 5.41 Å². The van der Waals surface area contributed by atoms with Crippen LogP contribution in [-0.2, 0) is 4.79 Å². The molecule has 1 unspecified atom stereocenters. The molecule has 0 radical (unpaired) electrons. The zero-order valence-electron chi connectivity index (χ0n) is 10.5. The number of rotatable bonds is 8. The van der Waals surface area contributed by atoms with Crippen LogP contribution < -0.4 is 16.4 Å². The van der Waals surface area contributed by atoms with Gasteiger partial charge in [-0.15, -0.1) is 0 Å². The third-order valence-electron chi connectivity index (χ3n) is 2.67. The van der Waals surface area contributed by atoms with E-state index in [-0.39, 0.29) is 11.9 Å². The van der Waals surface area contributed by atoms with Crippen molar-refractivity contribution >= 4 is 33.5 Å². The van der Waals surface area contributed by atoms with Crippen LogP contribution in [-0.4, -0.2) is 36.0 Å². The Morgan fingerprint density at radius 3 is 2.78 bits per heavy atom. The molecule has 1 fully saturated rings. The van der Waals surface area contributed by atoms with Crippen LogP contribution in [0.2, 0.25) is 0 Å². The van der Waals surface area contributed by atoms with E-state index >= 15 is 0 Å². The van der Waals surface area contributed by atoms with Crippen molar-refractivity contribution in [3.63, 3.8) is 0 Å². The lowest BCUT2D eigenvalue weighted by Crippen LogP contribution is -2.37. The van der Waals surface area contributed by atoms with Crippen molar-refractivity contribution in [1.29, 1.82) is 5.41 Å². The average molecular weight is 290 g/mol. The molecule has 0 spiro atoms. The number of hydrogen-bond donors (Lipinski definition) is 4. The highest BCUT2D eigenvalue weighted by atomic mass is 33.1. The summed E-state index contributed by atoms with van der Waals surface area (Å²) in [4.78, 5) is 11.5. The van der Waals surface area contributed by atoms with Gasteiger partial charge in [0.25, 0.3) is 0 Å². The van der Waals surface area contributed by atoms with Crippen molar-refractivity contribution in [3.05, 3.63) is 0 Å². The molecule has 0 aromatic heterocycles. The van der Waals surface area contributed by atoms with Crippen molar-refractivity contribution in [1.82, 2.24) is 10.6 Å². The molecule has 0 aliphatic carbocycles. The fraction of sp³-hybridized carbons (Fsp3) is 0.818. The minimum absolute atomic E-state index is 0.0591. The van der Waals surface area contributed by atoms with Crippen LogP contribution >= 0.6 is 21.6 Å². The van der Waals surface area contributed by atoms with Crippen molar-refractivity contribution in [2.24, 2.45) is 5.73 Å². The Hall–Kier alpha value is -0.560. The van der Waals surface area contributed by atoms with Gasteiger partial charge in [-0.1, -0.05) is 28.0 Å². The first-order chi connectivity index (χ1) is 8.68. The minimum Gasteiger partial charge on any atom is -0.370 e. The third-order valence-corrected chi connectivity index (χ3v) is 5.68. The van der Waals surface area contributed by atoms with E-state index in [0.29, 0.717) is 19.5 Å². The van der Waals surface area contributed by atoms with Crippen molar-refractivity contribution in [2.75, 3.05) is 18.8 Å². The maximum atomic E-state index is 11.5. The maximum absolute atomic E-state index is 11.5. The highest BCUT2D eigenvalue weighted by Gasteiger charge is 2.15. The molecule has 1 saturated heterocycles. The predicted molar refractivity (Wildman–Crippen MR) is 79.8 cm³/mol. The molecule has 18 heavy (non-hydrogen) atoms. The van der Waals surface area contributed by atoms with E-state index in [0.717, 1.165) is 18.1 Å². The molecule has 0 aromatic rings. The largest absolute Gasteiger partial charge is 0.370 e. The zero-order valence-corrected chi connectivity index (χ0v) is 12.2. The van der Waals surface area contributed by atoms with Gasteiger partial charge in [0.2, 0.25) is 5.91 Å². The van der Waals surface area contributed by atoms with E-state index < -0.39 is 0 Å². The summed E-state index contributed by atoms with van der Waals surface area (Å²) in [5, 5.41) is 13.2. The average Bonchev–Trinajstić information content (AvgIpc) is 2.83. The van der Waals surface area contributed by atoms with Gasteiger partial charge in [0.15, 0.2) is 5.96 Å². The molecular weight excluding hydrogens is 268 g/mol. The topological polar surface area (TPSA) is 91.0 Å². The number of carbonyl (C=O) groups is 1. The summed E-state index contributed by atoms with van der Waals surface area (Å²) in [5.41, 5.74) is 5.12. The first-order valence-electron chi connectivity index (χ1n) is 6.31. The normalized spacial score (nSPS) is 18.6. The summed E-state index contributed by atoms with van der Waals surface area (Å²) in [7, 11) is 3.96. The molecule has 5 nitrogen and oxygen atoms in total. The summed E-state index contributed by atoms with van der Waals surface area (Å²) in [5.74, 6) is 1.31. The molecule has 0 aromatic carbocycles. The van der Waals surface area contributed by atoms with Crippen LogP contribution in [0.25, 0.3) is 0 Å². The Morgan fingerprint density at radius 2 is 2.11 bits per heavy atom. The maximum Gasteiger partial charge on any atom is 0.220 e. The van der Waals surface area contributed by atoms with Gasteiger partial charge < -0.3 is 16.4 Å². The second-order valence-corrected chi connectivity index (χ2v) is 7.05. The molecule has 104 valence electrons. The number of amides is 1. The lowest BCUT2D eigenvalue weighted by atomic mass is 10.1. The Kier molecular flexibility index (Phi) is 8.08. The Balaban J connectivity index is 1.88. The molecule has 1 aliphatic heterocycles. The molecule has 1 aliphatic rings. The van der Waals surface area contributed by atoms with Crippen molar-refractivity contribution in [3.8, 4) is 0 Å². The van der Waals surface area contributed by atoms with E-state index in [4.69, 9.17) is 11.1 Å². The second-order valence-electron chi connectivity index (χ2n) is 4.27. The van der Waals surface area contributed by atoms with E-state index in [1.807, 2.05) is 21.6 Å². The first kappa shape index (κ1) is 15.5. The Bertz CT molecular complexity index is 270. The van der Waals surface area contributed by atoms with Crippen LogP contribution in [0.15, 0.2) is 0 Å². The molecular formula is C11H22N4OS2. The van der Waals surface area contributed by atoms with Gasteiger partial charge in [0.1, 0.15) is 0 Å². The smallest absolute Gasteiger partial charge is 0.220 e. The highest BCUT2D eigenvalue weighted by Crippen LogP contribution is 2.39. The summed E-state index contributed by atoms with van der Waals surface area (Å²) in [6, 6.07) is 0. The van der Waals surface area contributed by atoms with E-state index in [1.54, 1.807) is 0 Å². The standard InChI is InChI=1S/C11H22N4OS2/c12-11(13)15-7-6-14-10(16)4-2-1-3-9-5-8-17-18-9/h9H,1-8H2,(H,14,16)(H4,12,13,15). The number of hydrogen-bond acceptors (Lipinski definition) is 4. The van der Waals surface area contributed by atoms with Gasteiger partial charge in [0.05, 0.1) is 0 Å². The van der Waals surface area contributed by atoms with Crippen LogP contribution in [0.4, 0.5) is 0 Å². The van der Waals surface area contributed by atoms with Crippen molar-refractivity contribution in [2.45, 2.75) is 37.4 Å². The summed E-state index contributed by atoms with van der Waals surface area (Å²) in [6.07, 6.45) is 5.25. The fourth-order valence-corrected chi connectivity index (χ4v) is 4.74. The lowest BCUT2D eigenvalue weighted by molar-refractivity contribution is -0.121. The number of carbonyl (C=O) groups excluding carboxylic acids is 1. The molecule has 1 heterocycles. The van der Waals surface area contributed by atoms with Crippen LogP contribution in [0.5, 0.6) is 0 Å². The van der Waals surface area contributed by atoms with E-state index in [1.165, 1.54) is 18.6 Å². The SMILES string of the molecule is N=C(N)NCCNC(=O)CCCCC1CCSS1. The number of unbranched alkanes of at least 4 members (excludes halogenated alkanes) is 1. The highest BCUT2D eigenvalue weighted by molar-refractivity contribution is 8.77. The van der Waals surface area contributed by atoms with Gasteiger partial charge in [-0.05, 0) is 19.3 Å². The molecule has 1 atom stereocenters. The summed E-state index contributed by atoms with van der Waals surface area (Å²) in [6.45, 7) is 1.03. The Labute approximate surface area is 116 Å². The lowest BCUT2D eigenvalue weighted by Gasteiger charge is -2.08. The van der Waals surface area contributed by atoms with Gasteiger partial charge in [0, 0.05) is 30.5 Å². The quantitative estimate of drug-likeness (QED) is 0.234. The number of nitrogens with two attached hydrogens (primary N) is 1. The Morgan fingerprint density at radius 1 is 1.33 bits per heavy atom. The van der Waals surface area contributed by atoms with Gasteiger partial charge >= 0.3 is 0 Å². The third kappa shape index (κ3) is 7.71. The molecule has 1 rings (SSSR count). The summed E-state index contributed by atoms with van der Waals surface area (Å²) < 4.78 is 0. The number of nitrogens with one attached hydrogen (secondary N) is 3. The van der Waals surface area contributed by atoms with Crippen molar-refractivity contribution < 1.29 is 4.79 Å². The molecule has 7 heteroatoms. The predicted octanol–water partition coefficient (Wildman–Crippen LogP) is 1.30. The van der Waals surface area contributed by atoms with Gasteiger partial charge in [-0.25, -0.2) is 0 Å². The van der Waals surface area contributed by atoms with E-state index in [2.05, 4.69) is 10.6 Å². The van der Waals surface area contributed by atoms with E-state index in [9.17, 15) is 4.79 Å². The minimum atomic E-state index is -0.0591. The zero-order chi connectivity index (χ0) is 13.2. The summed E-state index contributed by atoms with van der Waals surface area (Å²) >= 11 is 0.